The van der Waals surface area contributed by atoms with Crippen LogP contribution in [0.2, 0.25) is 10.0 Å². The van der Waals surface area contributed by atoms with E-state index in [1.807, 2.05) is 0 Å². The molecule has 0 aliphatic rings. The van der Waals surface area contributed by atoms with E-state index < -0.39 is 24.0 Å². The Morgan fingerprint density at radius 1 is 1.33 bits per heavy atom. The molecule has 0 saturated heterocycles. The SMILES string of the molecule is CC(O)CNC(CC(=O)Nc1cc(Cl)ccc1Cl)C(=O)O. The van der Waals surface area contributed by atoms with Gasteiger partial charge in [-0.2, -0.15) is 0 Å². The molecule has 1 aromatic rings. The predicted molar refractivity (Wildman–Crippen MR) is 80.8 cm³/mol. The van der Waals surface area contributed by atoms with Gasteiger partial charge in [0.15, 0.2) is 0 Å². The van der Waals surface area contributed by atoms with Crippen LogP contribution < -0.4 is 10.6 Å². The van der Waals surface area contributed by atoms with E-state index in [1.54, 1.807) is 6.07 Å². The summed E-state index contributed by atoms with van der Waals surface area (Å²) in [6.07, 6.45) is -1.01. The molecular formula is C13H16Cl2N2O4. The second-order valence-corrected chi connectivity index (χ2v) is 5.37. The lowest BCUT2D eigenvalue weighted by Crippen LogP contribution is -2.42. The first-order chi connectivity index (χ1) is 9.79. The van der Waals surface area contributed by atoms with Crippen LogP contribution in [-0.4, -0.2) is 40.8 Å². The number of aliphatic hydroxyl groups excluding tert-OH is 1. The summed E-state index contributed by atoms with van der Waals surface area (Å²) in [6, 6.07) is 3.47. The number of rotatable bonds is 7. The smallest absolute Gasteiger partial charge is 0.321 e. The minimum absolute atomic E-state index is 0.0716. The first kappa shape index (κ1) is 17.7. The molecule has 2 atom stereocenters. The molecule has 8 heteroatoms. The third-order valence-electron chi connectivity index (χ3n) is 2.55. The molecule has 0 spiro atoms. The molecule has 6 nitrogen and oxygen atoms in total. The second kappa shape index (κ2) is 8.19. The standard InChI is InChI=1S/C13H16Cl2N2O4/c1-7(18)6-16-11(13(20)21)5-12(19)17-10-4-8(14)2-3-9(10)15/h2-4,7,11,16,18H,5-6H2,1H3,(H,17,19)(H,20,21). The summed E-state index contributed by atoms with van der Waals surface area (Å²) in [7, 11) is 0. The van der Waals surface area contributed by atoms with Crippen molar-refractivity contribution in [2.24, 2.45) is 0 Å². The quantitative estimate of drug-likeness (QED) is 0.608. The number of carboxylic acid groups (broad SMARTS) is 1. The third kappa shape index (κ3) is 6.31. The van der Waals surface area contributed by atoms with Gasteiger partial charge in [-0.25, -0.2) is 0 Å². The van der Waals surface area contributed by atoms with E-state index in [2.05, 4.69) is 10.6 Å². The molecule has 0 fully saturated rings. The van der Waals surface area contributed by atoms with E-state index in [1.165, 1.54) is 19.1 Å². The Labute approximate surface area is 132 Å². The van der Waals surface area contributed by atoms with Gasteiger partial charge in [0.05, 0.1) is 23.2 Å². The number of halogens is 2. The van der Waals surface area contributed by atoms with Crippen LogP contribution in [0.5, 0.6) is 0 Å². The molecule has 21 heavy (non-hydrogen) atoms. The molecule has 0 saturated carbocycles. The van der Waals surface area contributed by atoms with Crippen molar-refractivity contribution in [2.45, 2.75) is 25.5 Å². The Balaban J connectivity index is 2.65. The van der Waals surface area contributed by atoms with Gasteiger partial charge in [0.2, 0.25) is 5.91 Å². The molecule has 0 aromatic heterocycles. The maximum absolute atomic E-state index is 11.9. The topological polar surface area (TPSA) is 98.7 Å². The molecule has 1 rings (SSSR count). The Hall–Kier alpha value is -1.34. The molecule has 1 amide bonds. The van der Waals surface area contributed by atoms with Gasteiger partial charge >= 0.3 is 5.97 Å². The van der Waals surface area contributed by atoms with Crippen molar-refractivity contribution in [3.05, 3.63) is 28.2 Å². The lowest BCUT2D eigenvalue weighted by atomic mass is 10.2. The normalized spacial score (nSPS) is 13.5. The minimum atomic E-state index is -1.18. The van der Waals surface area contributed by atoms with Crippen LogP contribution in [0.15, 0.2) is 18.2 Å². The predicted octanol–water partition coefficient (Wildman–Crippen LogP) is 1.75. The summed E-state index contributed by atoms with van der Waals surface area (Å²) in [5.74, 6) is -1.70. The number of hydrogen-bond donors (Lipinski definition) is 4. The van der Waals surface area contributed by atoms with E-state index in [9.17, 15) is 9.59 Å². The highest BCUT2D eigenvalue weighted by molar-refractivity contribution is 6.35. The maximum atomic E-state index is 11.9. The van der Waals surface area contributed by atoms with Crippen molar-refractivity contribution in [3.8, 4) is 0 Å². The number of nitrogens with one attached hydrogen (secondary N) is 2. The summed E-state index contributed by atoms with van der Waals surface area (Å²) in [6.45, 7) is 1.58. The number of hydrogen-bond acceptors (Lipinski definition) is 4. The highest BCUT2D eigenvalue weighted by Crippen LogP contribution is 2.25. The van der Waals surface area contributed by atoms with Gasteiger partial charge in [-0.05, 0) is 25.1 Å². The van der Waals surface area contributed by atoms with Crippen LogP contribution in [0.1, 0.15) is 13.3 Å². The van der Waals surface area contributed by atoms with Crippen LogP contribution in [-0.2, 0) is 9.59 Å². The third-order valence-corrected chi connectivity index (χ3v) is 3.11. The first-order valence-electron chi connectivity index (χ1n) is 6.18. The number of carbonyl (C=O) groups excluding carboxylic acids is 1. The highest BCUT2D eigenvalue weighted by atomic mass is 35.5. The van der Waals surface area contributed by atoms with E-state index in [0.29, 0.717) is 15.7 Å². The summed E-state index contributed by atoms with van der Waals surface area (Å²) in [5, 5.41) is 24.0. The van der Waals surface area contributed by atoms with Gasteiger partial charge in [-0.3, -0.25) is 9.59 Å². The Bertz CT molecular complexity index is 523. The number of benzene rings is 1. The Kier molecular flexibility index (Phi) is 6.91. The molecule has 116 valence electrons. The average Bonchev–Trinajstić information content (AvgIpc) is 2.38. The fourth-order valence-corrected chi connectivity index (χ4v) is 1.88. The number of amides is 1. The lowest BCUT2D eigenvalue weighted by molar-refractivity contribution is -0.141. The number of aliphatic carboxylic acids is 1. The van der Waals surface area contributed by atoms with Crippen molar-refractivity contribution in [2.75, 3.05) is 11.9 Å². The summed E-state index contributed by atoms with van der Waals surface area (Å²) in [4.78, 5) is 22.9. The van der Waals surface area contributed by atoms with Gasteiger partial charge in [-0.15, -0.1) is 0 Å². The fourth-order valence-electron chi connectivity index (χ4n) is 1.54. The lowest BCUT2D eigenvalue weighted by Gasteiger charge is -2.15. The fraction of sp³-hybridized carbons (Fsp3) is 0.385. The van der Waals surface area contributed by atoms with Crippen LogP contribution in [0.4, 0.5) is 5.69 Å². The summed E-state index contributed by atoms with van der Waals surface area (Å²) in [5.41, 5.74) is 0.314. The van der Waals surface area contributed by atoms with Gasteiger partial charge in [0, 0.05) is 11.6 Å². The summed E-state index contributed by atoms with van der Waals surface area (Å²) < 4.78 is 0. The highest BCUT2D eigenvalue weighted by Gasteiger charge is 2.21. The van der Waals surface area contributed by atoms with Crippen molar-refractivity contribution < 1.29 is 19.8 Å². The molecule has 0 radical (unpaired) electrons. The van der Waals surface area contributed by atoms with Gasteiger partial charge in [0.25, 0.3) is 0 Å². The van der Waals surface area contributed by atoms with Gasteiger partial charge in [0.1, 0.15) is 6.04 Å². The largest absolute Gasteiger partial charge is 0.480 e. The number of anilines is 1. The maximum Gasteiger partial charge on any atom is 0.321 e. The molecule has 2 unspecified atom stereocenters. The monoisotopic (exact) mass is 334 g/mol. The zero-order valence-corrected chi connectivity index (χ0v) is 12.8. The summed E-state index contributed by atoms with van der Waals surface area (Å²) >= 11 is 11.7. The van der Waals surface area contributed by atoms with E-state index in [4.69, 9.17) is 33.4 Å². The molecule has 4 N–H and O–H groups in total. The number of carboxylic acids is 1. The Morgan fingerprint density at radius 3 is 2.57 bits per heavy atom. The van der Waals surface area contributed by atoms with E-state index >= 15 is 0 Å². The minimum Gasteiger partial charge on any atom is -0.480 e. The van der Waals surface area contributed by atoms with Crippen molar-refractivity contribution in [1.29, 1.82) is 0 Å². The van der Waals surface area contributed by atoms with Gasteiger partial charge in [-0.1, -0.05) is 23.2 Å². The van der Waals surface area contributed by atoms with Crippen LogP contribution >= 0.6 is 23.2 Å². The molecule has 0 bridgehead atoms. The number of aliphatic hydroxyl groups is 1. The van der Waals surface area contributed by atoms with Crippen LogP contribution in [0, 0.1) is 0 Å². The Morgan fingerprint density at radius 2 is 2.00 bits per heavy atom. The van der Waals surface area contributed by atoms with E-state index in [-0.39, 0.29) is 13.0 Å². The number of carbonyl (C=O) groups is 2. The molecule has 0 heterocycles. The average molecular weight is 335 g/mol. The first-order valence-corrected chi connectivity index (χ1v) is 6.94. The van der Waals surface area contributed by atoms with Crippen LogP contribution in [0.25, 0.3) is 0 Å². The second-order valence-electron chi connectivity index (χ2n) is 4.52. The molecular weight excluding hydrogens is 319 g/mol. The van der Waals surface area contributed by atoms with E-state index in [0.717, 1.165) is 0 Å². The zero-order chi connectivity index (χ0) is 16.0. The van der Waals surface area contributed by atoms with Crippen molar-refractivity contribution in [1.82, 2.24) is 5.32 Å². The zero-order valence-electron chi connectivity index (χ0n) is 11.3. The van der Waals surface area contributed by atoms with Gasteiger partial charge < -0.3 is 20.8 Å². The molecule has 0 aliphatic carbocycles. The molecule has 1 aromatic carbocycles. The van der Waals surface area contributed by atoms with Crippen molar-refractivity contribution in [3.63, 3.8) is 0 Å². The van der Waals surface area contributed by atoms with Crippen LogP contribution in [0.3, 0.4) is 0 Å². The van der Waals surface area contributed by atoms with Crippen molar-refractivity contribution >= 4 is 40.8 Å². The molecule has 0 aliphatic heterocycles.